The van der Waals surface area contributed by atoms with Crippen LogP contribution in [-0.4, -0.2) is 17.6 Å². The molecule has 1 aliphatic heterocycles. The molecule has 0 bridgehead atoms. The molecule has 3 aromatic carbocycles. The highest BCUT2D eigenvalue weighted by Crippen LogP contribution is 2.43. The lowest BCUT2D eigenvalue weighted by Crippen LogP contribution is -2.28. The van der Waals surface area contributed by atoms with Crippen LogP contribution in [0.5, 0.6) is 0 Å². The maximum Gasteiger partial charge on any atom is 0.255 e. The molecule has 31 heavy (non-hydrogen) atoms. The van der Waals surface area contributed by atoms with Crippen LogP contribution in [0, 0.1) is 12.7 Å². The van der Waals surface area contributed by atoms with E-state index in [1.165, 1.54) is 23.4 Å². The number of aryl methyl sites for hydroxylation is 1. The zero-order valence-electron chi connectivity index (χ0n) is 17.4. The fourth-order valence-corrected chi connectivity index (χ4v) is 4.78. The van der Waals surface area contributed by atoms with Gasteiger partial charge in [-0.15, -0.1) is 11.8 Å². The van der Waals surface area contributed by atoms with Gasteiger partial charge in [-0.2, -0.15) is 0 Å². The highest BCUT2D eigenvalue weighted by Gasteiger charge is 2.35. The molecule has 1 unspecified atom stereocenters. The maximum atomic E-state index is 14.1. The molecular formula is C25H23FN2O2S. The standard InChI is InChI=1S/C25H23FN2O2S/c1-3-17-7-9-18(10-8-17)24(30)27-20-13-11-19(12-14-20)25-28(23(29)15-31-25)22-6-4-5-21(26)16(22)2/h4-14,25H,3,15H2,1-2H3,(H,27,30). The van der Waals surface area contributed by atoms with Crippen LogP contribution in [-0.2, 0) is 11.2 Å². The molecule has 1 aliphatic rings. The van der Waals surface area contributed by atoms with Gasteiger partial charge in [0, 0.05) is 16.8 Å². The lowest BCUT2D eigenvalue weighted by atomic mass is 10.1. The number of hydrogen-bond acceptors (Lipinski definition) is 3. The van der Waals surface area contributed by atoms with Crippen molar-refractivity contribution in [3.8, 4) is 0 Å². The molecule has 6 heteroatoms. The van der Waals surface area contributed by atoms with E-state index in [1.807, 2.05) is 48.5 Å². The van der Waals surface area contributed by atoms with E-state index < -0.39 is 0 Å². The molecular weight excluding hydrogens is 411 g/mol. The van der Waals surface area contributed by atoms with E-state index in [1.54, 1.807) is 24.0 Å². The van der Waals surface area contributed by atoms with Crippen molar-refractivity contribution in [2.24, 2.45) is 0 Å². The van der Waals surface area contributed by atoms with Crippen molar-refractivity contribution in [2.75, 3.05) is 16.0 Å². The Morgan fingerprint density at radius 1 is 1.10 bits per heavy atom. The molecule has 0 radical (unpaired) electrons. The Hall–Kier alpha value is -3.12. The van der Waals surface area contributed by atoms with Gasteiger partial charge in [-0.3, -0.25) is 14.5 Å². The van der Waals surface area contributed by atoms with Gasteiger partial charge in [0.05, 0.1) is 11.4 Å². The Kier molecular flexibility index (Phi) is 6.09. The quantitative estimate of drug-likeness (QED) is 0.558. The number of carbonyl (C=O) groups is 2. The largest absolute Gasteiger partial charge is 0.322 e. The summed E-state index contributed by atoms with van der Waals surface area (Å²) < 4.78 is 14.1. The van der Waals surface area contributed by atoms with E-state index >= 15 is 0 Å². The van der Waals surface area contributed by atoms with Gasteiger partial charge in [0.2, 0.25) is 5.91 Å². The number of amides is 2. The molecule has 4 nitrogen and oxygen atoms in total. The number of rotatable bonds is 5. The summed E-state index contributed by atoms with van der Waals surface area (Å²) in [5, 5.41) is 2.67. The molecule has 0 spiro atoms. The Morgan fingerprint density at radius 2 is 1.81 bits per heavy atom. The predicted molar refractivity (Wildman–Crippen MR) is 124 cm³/mol. The Bertz CT molecular complexity index is 1110. The second kappa shape index (κ2) is 8.94. The van der Waals surface area contributed by atoms with Crippen LogP contribution in [0.3, 0.4) is 0 Å². The third-order valence-corrected chi connectivity index (χ3v) is 6.66. The minimum Gasteiger partial charge on any atom is -0.322 e. The fraction of sp³-hybridized carbons (Fsp3) is 0.200. The normalized spacial score (nSPS) is 15.9. The maximum absolute atomic E-state index is 14.1. The number of benzene rings is 3. The third-order valence-electron chi connectivity index (χ3n) is 5.44. The van der Waals surface area contributed by atoms with E-state index in [0.29, 0.717) is 28.3 Å². The van der Waals surface area contributed by atoms with Crippen molar-refractivity contribution in [1.82, 2.24) is 0 Å². The van der Waals surface area contributed by atoms with Crippen LogP contribution in [0.25, 0.3) is 0 Å². The minimum absolute atomic E-state index is 0.0448. The van der Waals surface area contributed by atoms with Crippen molar-refractivity contribution in [3.63, 3.8) is 0 Å². The number of thioether (sulfide) groups is 1. The molecule has 0 saturated carbocycles. The summed E-state index contributed by atoms with van der Waals surface area (Å²) in [5.41, 5.74) is 4.43. The summed E-state index contributed by atoms with van der Waals surface area (Å²) in [7, 11) is 0. The Balaban J connectivity index is 1.52. The summed E-state index contributed by atoms with van der Waals surface area (Å²) in [4.78, 5) is 26.7. The van der Waals surface area contributed by atoms with Crippen LogP contribution in [0.4, 0.5) is 15.8 Å². The minimum atomic E-state index is -0.328. The molecule has 1 saturated heterocycles. The van der Waals surface area contributed by atoms with Crippen molar-refractivity contribution in [1.29, 1.82) is 0 Å². The Morgan fingerprint density at radius 3 is 2.48 bits per heavy atom. The molecule has 1 heterocycles. The molecule has 1 fully saturated rings. The van der Waals surface area contributed by atoms with Gasteiger partial charge in [0.1, 0.15) is 11.2 Å². The molecule has 1 atom stereocenters. The second-order valence-electron chi connectivity index (χ2n) is 7.44. The lowest BCUT2D eigenvalue weighted by Gasteiger charge is -2.26. The first-order valence-electron chi connectivity index (χ1n) is 10.2. The number of halogens is 1. The topological polar surface area (TPSA) is 49.4 Å². The third kappa shape index (κ3) is 4.35. The molecule has 4 rings (SSSR count). The van der Waals surface area contributed by atoms with Crippen molar-refractivity contribution < 1.29 is 14.0 Å². The first kappa shape index (κ1) is 21.1. The summed E-state index contributed by atoms with van der Waals surface area (Å²) in [6, 6.07) is 19.8. The second-order valence-corrected chi connectivity index (χ2v) is 8.51. The fourth-order valence-electron chi connectivity index (χ4n) is 3.61. The van der Waals surface area contributed by atoms with Crippen molar-refractivity contribution in [3.05, 3.63) is 94.8 Å². The van der Waals surface area contributed by atoms with Crippen LogP contribution in [0.1, 0.15) is 39.3 Å². The number of nitrogens with one attached hydrogen (secondary N) is 1. The SMILES string of the molecule is CCc1ccc(C(=O)Nc2ccc(C3SCC(=O)N3c3cccc(F)c3C)cc2)cc1. The first-order chi connectivity index (χ1) is 15.0. The van der Waals surface area contributed by atoms with Gasteiger partial charge < -0.3 is 5.32 Å². The summed E-state index contributed by atoms with van der Waals surface area (Å²) >= 11 is 1.51. The highest BCUT2D eigenvalue weighted by atomic mass is 32.2. The van der Waals surface area contributed by atoms with Gasteiger partial charge in [0.15, 0.2) is 0 Å². The number of hydrogen-bond donors (Lipinski definition) is 1. The summed E-state index contributed by atoms with van der Waals surface area (Å²) in [5.74, 6) is -0.201. The van der Waals surface area contributed by atoms with Crippen LogP contribution < -0.4 is 10.2 Å². The molecule has 1 N–H and O–H groups in total. The number of anilines is 2. The van der Waals surface area contributed by atoms with Crippen LogP contribution >= 0.6 is 11.8 Å². The van der Waals surface area contributed by atoms with Gasteiger partial charge in [-0.25, -0.2) is 4.39 Å². The molecule has 0 aromatic heterocycles. The van der Waals surface area contributed by atoms with Gasteiger partial charge in [0.25, 0.3) is 5.91 Å². The van der Waals surface area contributed by atoms with Gasteiger partial charge in [-0.1, -0.05) is 37.3 Å². The van der Waals surface area contributed by atoms with Crippen LogP contribution in [0.15, 0.2) is 66.7 Å². The number of nitrogens with zero attached hydrogens (tertiary/aromatic N) is 1. The summed E-state index contributed by atoms with van der Waals surface area (Å²) in [6.07, 6.45) is 0.928. The van der Waals surface area contributed by atoms with Crippen molar-refractivity contribution >= 4 is 35.0 Å². The zero-order chi connectivity index (χ0) is 22.0. The van der Waals surface area contributed by atoms with Gasteiger partial charge >= 0.3 is 0 Å². The van der Waals surface area contributed by atoms with E-state index in [0.717, 1.165) is 12.0 Å². The highest BCUT2D eigenvalue weighted by molar-refractivity contribution is 8.00. The van der Waals surface area contributed by atoms with E-state index in [-0.39, 0.29) is 23.0 Å². The van der Waals surface area contributed by atoms with E-state index in [9.17, 15) is 14.0 Å². The smallest absolute Gasteiger partial charge is 0.255 e. The van der Waals surface area contributed by atoms with E-state index in [4.69, 9.17) is 0 Å². The monoisotopic (exact) mass is 434 g/mol. The van der Waals surface area contributed by atoms with Crippen LogP contribution in [0.2, 0.25) is 0 Å². The van der Waals surface area contributed by atoms with E-state index in [2.05, 4.69) is 12.2 Å². The zero-order valence-corrected chi connectivity index (χ0v) is 18.2. The number of carbonyl (C=O) groups excluding carboxylic acids is 2. The average molecular weight is 435 g/mol. The Labute approximate surface area is 185 Å². The average Bonchev–Trinajstić information content (AvgIpc) is 3.17. The van der Waals surface area contributed by atoms with Crippen molar-refractivity contribution in [2.45, 2.75) is 25.6 Å². The predicted octanol–water partition coefficient (Wildman–Crippen LogP) is 5.73. The first-order valence-corrected chi connectivity index (χ1v) is 11.2. The van der Waals surface area contributed by atoms with Gasteiger partial charge in [-0.05, 0) is 60.9 Å². The lowest BCUT2D eigenvalue weighted by molar-refractivity contribution is -0.115. The molecule has 158 valence electrons. The molecule has 0 aliphatic carbocycles. The summed E-state index contributed by atoms with van der Waals surface area (Å²) in [6.45, 7) is 3.76. The molecule has 2 amide bonds. The molecule has 3 aromatic rings.